The first-order valence-corrected chi connectivity index (χ1v) is 21.5. The number of para-hydroxylation sites is 1. The Morgan fingerprint density at radius 1 is 0.397 bits per heavy atom. The fraction of sp³-hybridized carbons (Fsp3) is 0.0167. The summed E-state index contributed by atoms with van der Waals surface area (Å²) in [6.45, 7) is 5.30. The van der Waals surface area contributed by atoms with Crippen LogP contribution in [0.2, 0.25) is 0 Å². The highest BCUT2D eigenvalue weighted by Crippen LogP contribution is 2.40. The molecule has 11 rings (SSSR count). The Morgan fingerprint density at radius 2 is 0.968 bits per heavy atom. The van der Waals surface area contributed by atoms with Crippen LogP contribution in [0.25, 0.3) is 89.0 Å². The average molecular weight is 806 g/mol. The molecule has 1 aliphatic heterocycles. The van der Waals surface area contributed by atoms with E-state index in [2.05, 4.69) is 241 Å². The summed E-state index contributed by atoms with van der Waals surface area (Å²) in [7, 11) is 0. The first kappa shape index (κ1) is 37.7. The van der Waals surface area contributed by atoms with Gasteiger partial charge in [-0.1, -0.05) is 176 Å². The molecule has 298 valence electrons. The lowest BCUT2D eigenvalue weighted by Crippen LogP contribution is -2.18. The van der Waals surface area contributed by atoms with Gasteiger partial charge in [-0.2, -0.15) is 0 Å². The lowest BCUT2D eigenvalue weighted by atomic mass is 9.96. The number of hydrogen-bond acceptors (Lipinski definition) is 2. The van der Waals surface area contributed by atoms with E-state index in [-0.39, 0.29) is 0 Å². The second kappa shape index (κ2) is 16.3. The van der Waals surface area contributed by atoms with Gasteiger partial charge in [0.2, 0.25) is 0 Å². The fourth-order valence-corrected chi connectivity index (χ4v) is 8.99. The van der Waals surface area contributed by atoms with Gasteiger partial charge < -0.3 is 9.47 Å². The molecule has 0 fully saturated rings. The summed E-state index contributed by atoms with van der Waals surface area (Å²) in [5.41, 5.74) is 18.9. The minimum Gasteiger partial charge on any atom is -0.337 e. The van der Waals surface area contributed by atoms with Crippen LogP contribution in [0.15, 0.2) is 243 Å². The molecule has 0 atom stereocenters. The molecule has 63 heavy (non-hydrogen) atoms. The van der Waals surface area contributed by atoms with Gasteiger partial charge in [-0.3, -0.25) is 0 Å². The first-order valence-electron chi connectivity index (χ1n) is 21.5. The van der Waals surface area contributed by atoms with E-state index in [4.69, 9.17) is 4.98 Å². The molecule has 0 aliphatic carbocycles. The Kier molecular flexibility index (Phi) is 9.76. The molecule has 0 amide bonds. The van der Waals surface area contributed by atoms with Crippen LogP contribution in [0, 0.1) is 0 Å². The summed E-state index contributed by atoms with van der Waals surface area (Å²) in [5.74, 6) is 0. The van der Waals surface area contributed by atoms with E-state index in [1.807, 2.05) is 12.1 Å². The highest BCUT2D eigenvalue weighted by Gasteiger charge is 2.19. The third kappa shape index (κ3) is 7.26. The number of fused-ring (bicyclic) bond motifs is 4. The van der Waals surface area contributed by atoms with Gasteiger partial charge in [-0.25, -0.2) is 4.98 Å². The summed E-state index contributed by atoms with van der Waals surface area (Å²) in [4.78, 5) is 7.49. The van der Waals surface area contributed by atoms with Crippen molar-refractivity contribution in [2.75, 3.05) is 11.4 Å². The van der Waals surface area contributed by atoms with Crippen LogP contribution in [0.3, 0.4) is 0 Å². The van der Waals surface area contributed by atoms with Gasteiger partial charge in [0.25, 0.3) is 0 Å². The van der Waals surface area contributed by atoms with Crippen molar-refractivity contribution in [3.8, 4) is 61.6 Å². The highest BCUT2D eigenvalue weighted by molar-refractivity contribution is 6.10. The Hall–Kier alpha value is -8.27. The van der Waals surface area contributed by atoms with Gasteiger partial charge in [0, 0.05) is 51.1 Å². The van der Waals surface area contributed by atoms with Crippen LogP contribution in [0.1, 0.15) is 5.56 Å². The maximum atomic E-state index is 5.10. The summed E-state index contributed by atoms with van der Waals surface area (Å²) in [6.07, 6.45) is 8.54. The Morgan fingerprint density at radius 3 is 1.70 bits per heavy atom. The SMILES string of the molecule is C=C1/C=C\C=C/CN(c2cccc(-c3ccccc3)c2)c2ccc(-c3ccc4c(c3)c3ccccc3n4-c3ccc(-c4cc(-c5ccccc5)nc(-c5ccccc5)c4)cc3)cc21. The Balaban J connectivity index is 0.969. The van der Waals surface area contributed by atoms with E-state index in [1.165, 1.54) is 32.9 Å². The maximum absolute atomic E-state index is 5.10. The molecular weight excluding hydrogens is 763 g/mol. The predicted octanol–water partition coefficient (Wildman–Crippen LogP) is 15.8. The molecule has 0 saturated heterocycles. The number of rotatable bonds is 7. The van der Waals surface area contributed by atoms with E-state index >= 15 is 0 Å². The van der Waals surface area contributed by atoms with Crippen molar-refractivity contribution in [1.82, 2.24) is 9.55 Å². The smallest absolute Gasteiger partial charge is 0.0715 e. The molecule has 1 aliphatic rings. The molecule has 0 bridgehead atoms. The molecule has 0 N–H and O–H groups in total. The monoisotopic (exact) mass is 805 g/mol. The number of pyridine rings is 1. The van der Waals surface area contributed by atoms with Crippen molar-refractivity contribution in [2.45, 2.75) is 0 Å². The minimum absolute atomic E-state index is 0.737. The van der Waals surface area contributed by atoms with E-state index in [9.17, 15) is 0 Å². The van der Waals surface area contributed by atoms with Crippen molar-refractivity contribution >= 4 is 38.8 Å². The van der Waals surface area contributed by atoms with Crippen molar-refractivity contribution in [1.29, 1.82) is 0 Å². The normalized spacial score (nSPS) is 13.6. The molecule has 2 aromatic heterocycles. The summed E-state index contributed by atoms with van der Waals surface area (Å²) >= 11 is 0. The van der Waals surface area contributed by atoms with E-state index in [0.717, 1.165) is 79.5 Å². The van der Waals surface area contributed by atoms with Crippen molar-refractivity contribution < 1.29 is 0 Å². The number of nitrogens with zero attached hydrogens (tertiary/aromatic N) is 3. The second-order valence-corrected chi connectivity index (χ2v) is 16.1. The van der Waals surface area contributed by atoms with E-state index < -0.39 is 0 Å². The molecule has 3 heterocycles. The second-order valence-electron chi connectivity index (χ2n) is 16.1. The zero-order valence-electron chi connectivity index (χ0n) is 34.8. The van der Waals surface area contributed by atoms with Crippen molar-refractivity contribution in [2.24, 2.45) is 0 Å². The molecule has 0 unspecified atom stereocenters. The molecule has 0 spiro atoms. The Bertz CT molecular complexity index is 3300. The number of benzene rings is 8. The third-order valence-corrected chi connectivity index (χ3v) is 12.2. The van der Waals surface area contributed by atoms with Gasteiger partial charge in [-0.15, -0.1) is 0 Å². The number of aromatic nitrogens is 2. The van der Waals surface area contributed by atoms with Crippen molar-refractivity contribution in [3.63, 3.8) is 0 Å². The van der Waals surface area contributed by atoms with Gasteiger partial charge in [-0.05, 0) is 106 Å². The predicted molar refractivity (Wildman–Crippen MR) is 267 cm³/mol. The van der Waals surface area contributed by atoms with Crippen molar-refractivity contribution in [3.05, 3.63) is 249 Å². The lowest BCUT2D eigenvalue weighted by Gasteiger charge is -2.27. The third-order valence-electron chi connectivity index (χ3n) is 12.2. The number of allylic oxidation sites excluding steroid dienone is 4. The molecule has 8 aromatic carbocycles. The van der Waals surface area contributed by atoms with Crippen LogP contribution < -0.4 is 4.90 Å². The Labute approximate surface area is 368 Å². The summed E-state index contributed by atoms with van der Waals surface area (Å²) in [5, 5.41) is 2.44. The van der Waals surface area contributed by atoms with Crippen LogP contribution in [-0.4, -0.2) is 16.1 Å². The van der Waals surface area contributed by atoms with Gasteiger partial charge in [0.15, 0.2) is 0 Å². The van der Waals surface area contributed by atoms with Gasteiger partial charge >= 0.3 is 0 Å². The summed E-state index contributed by atoms with van der Waals surface area (Å²) < 4.78 is 2.39. The van der Waals surface area contributed by atoms with Crippen LogP contribution in [0.5, 0.6) is 0 Å². The molecular formula is C60H43N3. The molecule has 3 nitrogen and oxygen atoms in total. The standard InChI is InChI=1S/C60H43N3/c1-42-17-6-5-15-36-62(52-25-16-24-47(37-52)43-18-7-2-8-19-43)58-34-30-48(38-54(42)58)49-31-35-60-55(39-49)53-26-13-14-27-59(53)63(60)51-32-28-44(29-33-51)50-40-56(45-20-9-3-10-21-45)61-57(41-50)46-22-11-4-12-23-46/h2-35,37-41H,1,36H2/b15-5-,17-6-. The fourth-order valence-electron chi connectivity index (χ4n) is 8.99. The number of hydrogen-bond donors (Lipinski definition) is 0. The van der Waals surface area contributed by atoms with Crippen LogP contribution in [-0.2, 0) is 0 Å². The topological polar surface area (TPSA) is 21.1 Å². The minimum atomic E-state index is 0.737. The molecule has 0 radical (unpaired) electrons. The number of anilines is 2. The molecule has 3 heteroatoms. The first-order chi connectivity index (χ1) is 31.1. The average Bonchev–Trinajstić information content (AvgIpc) is 3.72. The maximum Gasteiger partial charge on any atom is 0.0715 e. The van der Waals surface area contributed by atoms with Gasteiger partial charge in [0.05, 0.1) is 22.4 Å². The zero-order valence-corrected chi connectivity index (χ0v) is 34.8. The van der Waals surface area contributed by atoms with Crippen LogP contribution >= 0.6 is 0 Å². The zero-order chi connectivity index (χ0) is 42.1. The summed E-state index contributed by atoms with van der Waals surface area (Å²) in [6, 6.07) is 76.1. The lowest BCUT2D eigenvalue weighted by molar-refractivity contribution is 1.09. The largest absolute Gasteiger partial charge is 0.337 e. The van der Waals surface area contributed by atoms with Crippen LogP contribution in [0.4, 0.5) is 11.4 Å². The highest BCUT2D eigenvalue weighted by atomic mass is 15.1. The quantitative estimate of drug-likeness (QED) is 0.160. The van der Waals surface area contributed by atoms with E-state index in [1.54, 1.807) is 0 Å². The molecule has 0 saturated carbocycles. The molecule has 10 aromatic rings. The van der Waals surface area contributed by atoms with E-state index in [0.29, 0.717) is 0 Å². The van der Waals surface area contributed by atoms with Gasteiger partial charge in [0.1, 0.15) is 0 Å².